The van der Waals surface area contributed by atoms with E-state index in [1.165, 1.54) is 0 Å². The third-order valence-corrected chi connectivity index (χ3v) is 3.39. The molecule has 3 heteroatoms. The molecule has 0 aliphatic carbocycles. The number of benzene rings is 2. The highest BCUT2D eigenvalue weighted by molar-refractivity contribution is 6.64. The summed E-state index contributed by atoms with van der Waals surface area (Å²) in [5.74, 6) is 0.494. The average molecular weight is 289 g/mol. The summed E-state index contributed by atoms with van der Waals surface area (Å²) in [6.45, 7) is 2.57. The quantitative estimate of drug-likeness (QED) is 0.746. The Morgan fingerprint density at radius 1 is 1.15 bits per heavy atom. The SMILES string of the molecule is CCOc1cccc(CC(C(=O)Cl)c2ccccc2)c1. The highest BCUT2D eigenvalue weighted by atomic mass is 35.5. The van der Waals surface area contributed by atoms with Crippen molar-refractivity contribution in [3.8, 4) is 5.75 Å². The molecule has 0 saturated carbocycles. The maximum Gasteiger partial charge on any atom is 0.229 e. The van der Waals surface area contributed by atoms with E-state index >= 15 is 0 Å². The van der Waals surface area contributed by atoms with Gasteiger partial charge < -0.3 is 4.74 Å². The van der Waals surface area contributed by atoms with Gasteiger partial charge >= 0.3 is 0 Å². The van der Waals surface area contributed by atoms with Crippen molar-refractivity contribution in [3.63, 3.8) is 0 Å². The van der Waals surface area contributed by atoms with Crippen LogP contribution in [0.5, 0.6) is 5.75 Å². The van der Waals surface area contributed by atoms with Crippen molar-refractivity contribution in [2.45, 2.75) is 19.3 Å². The first kappa shape index (κ1) is 14.6. The monoisotopic (exact) mass is 288 g/mol. The molecule has 0 N–H and O–H groups in total. The molecule has 0 aromatic heterocycles. The van der Waals surface area contributed by atoms with E-state index in [2.05, 4.69) is 0 Å². The Morgan fingerprint density at radius 3 is 2.55 bits per heavy atom. The van der Waals surface area contributed by atoms with Gasteiger partial charge in [0.15, 0.2) is 0 Å². The van der Waals surface area contributed by atoms with Crippen molar-refractivity contribution >= 4 is 16.8 Å². The maximum absolute atomic E-state index is 11.7. The zero-order chi connectivity index (χ0) is 14.4. The largest absolute Gasteiger partial charge is 0.494 e. The predicted molar refractivity (Wildman–Crippen MR) is 81.4 cm³/mol. The summed E-state index contributed by atoms with van der Waals surface area (Å²) in [7, 11) is 0. The Kier molecular flexibility index (Phi) is 5.19. The Hall–Kier alpha value is -1.80. The maximum atomic E-state index is 11.7. The minimum atomic E-state index is -0.335. The van der Waals surface area contributed by atoms with Crippen molar-refractivity contribution in [2.24, 2.45) is 0 Å². The van der Waals surface area contributed by atoms with Crippen LogP contribution in [0.2, 0.25) is 0 Å². The lowest BCUT2D eigenvalue weighted by molar-refractivity contribution is -0.113. The van der Waals surface area contributed by atoms with Gasteiger partial charge in [0.1, 0.15) is 5.75 Å². The Morgan fingerprint density at radius 2 is 1.90 bits per heavy atom. The lowest BCUT2D eigenvalue weighted by atomic mass is 9.93. The second-order valence-corrected chi connectivity index (χ2v) is 4.92. The van der Waals surface area contributed by atoms with Crippen LogP contribution >= 0.6 is 11.6 Å². The standard InChI is InChI=1S/C17H17ClO2/c1-2-20-15-10-6-7-13(11-15)12-16(17(18)19)14-8-4-3-5-9-14/h3-11,16H,2,12H2,1H3. The molecule has 20 heavy (non-hydrogen) atoms. The van der Waals surface area contributed by atoms with Crippen LogP contribution in [0, 0.1) is 0 Å². The first-order valence-electron chi connectivity index (χ1n) is 6.66. The Balaban J connectivity index is 2.21. The zero-order valence-corrected chi connectivity index (χ0v) is 12.1. The van der Waals surface area contributed by atoms with Crippen LogP contribution in [0.3, 0.4) is 0 Å². The number of hydrogen-bond acceptors (Lipinski definition) is 2. The molecule has 0 spiro atoms. The topological polar surface area (TPSA) is 26.3 Å². The molecule has 0 saturated heterocycles. The Bertz CT molecular complexity index is 566. The molecule has 0 aliphatic heterocycles. The van der Waals surface area contributed by atoms with E-state index < -0.39 is 0 Å². The molecule has 2 aromatic rings. The second kappa shape index (κ2) is 7.11. The molecule has 0 bridgehead atoms. The van der Waals surface area contributed by atoms with Gasteiger partial charge in [0.05, 0.1) is 12.5 Å². The second-order valence-electron chi connectivity index (χ2n) is 4.55. The highest BCUT2D eigenvalue weighted by Crippen LogP contribution is 2.25. The van der Waals surface area contributed by atoms with Gasteiger partial charge in [-0.3, -0.25) is 4.79 Å². The van der Waals surface area contributed by atoms with Crippen molar-refractivity contribution in [3.05, 3.63) is 65.7 Å². The molecule has 104 valence electrons. The van der Waals surface area contributed by atoms with Crippen molar-refractivity contribution < 1.29 is 9.53 Å². The number of hydrogen-bond donors (Lipinski definition) is 0. The summed E-state index contributed by atoms with van der Waals surface area (Å²) in [6.07, 6.45) is 0.577. The third-order valence-electron chi connectivity index (χ3n) is 3.13. The van der Waals surface area contributed by atoms with Gasteiger partial charge in [0, 0.05) is 0 Å². The average Bonchev–Trinajstić information content (AvgIpc) is 2.46. The van der Waals surface area contributed by atoms with Crippen LogP contribution in [-0.2, 0) is 11.2 Å². The van der Waals surface area contributed by atoms with Gasteiger partial charge in [-0.2, -0.15) is 0 Å². The third kappa shape index (κ3) is 3.84. The fourth-order valence-electron chi connectivity index (χ4n) is 2.18. The summed E-state index contributed by atoms with van der Waals surface area (Å²) in [6, 6.07) is 17.4. The smallest absolute Gasteiger partial charge is 0.229 e. The highest BCUT2D eigenvalue weighted by Gasteiger charge is 2.19. The van der Waals surface area contributed by atoms with Crippen molar-refractivity contribution in [2.75, 3.05) is 6.61 Å². The van der Waals surface area contributed by atoms with Crippen LogP contribution in [0.4, 0.5) is 0 Å². The van der Waals surface area contributed by atoms with E-state index in [4.69, 9.17) is 16.3 Å². The molecule has 2 aromatic carbocycles. The number of carbonyl (C=O) groups is 1. The number of carbonyl (C=O) groups excluding carboxylic acids is 1. The molecule has 2 rings (SSSR count). The number of halogens is 1. The summed E-state index contributed by atoms with van der Waals surface area (Å²) >= 11 is 5.76. The van der Waals surface area contributed by atoms with E-state index in [-0.39, 0.29) is 11.2 Å². The molecular weight excluding hydrogens is 272 g/mol. The first-order chi connectivity index (χ1) is 9.70. The number of ether oxygens (including phenoxy) is 1. The molecule has 1 atom stereocenters. The van der Waals surface area contributed by atoms with Crippen LogP contribution in [0.15, 0.2) is 54.6 Å². The van der Waals surface area contributed by atoms with E-state index in [0.29, 0.717) is 13.0 Å². The van der Waals surface area contributed by atoms with Crippen LogP contribution in [0.1, 0.15) is 24.0 Å². The van der Waals surface area contributed by atoms with E-state index in [0.717, 1.165) is 16.9 Å². The molecular formula is C17H17ClO2. The van der Waals surface area contributed by atoms with Gasteiger partial charge in [0.25, 0.3) is 0 Å². The van der Waals surface area contributed by atoms with Gasteiger partial charge in [-0.05, 0) is 48.2 Å². The molecule has 0 radical (unpaired) electrons. The molecule has 0 aliphatic rings. The minimum Gasteiger partial charge on any atom is -0.494 e. The van der Waals surface area contributed by atoms with Crippen molar-refractivity contribution in [1.82, 2.24) is 0 Å². The van der Waals surface area contributed by atoms with Gasteiger partial charge in [0.2, 0.25) is 5.24 Å². The molecule has 0 fully saturated rings. The Labute approximate surface area is 124 Å². The van der Waals surface area contributed by atoms with Crippen LogP contribution in [-0.4, -0.2) is 11.8 Å². The fraction of sp³-hybridized carbons (Fsp3) is 0.235. The van der Waals surface area contributed by atoms with E-state index in [1.807, 2.05) is 61.5 Å². The van der Waals surface area contributed by atoms with E-state index in [1.54, 1.807) is 0 Å². The molecule has 0 amide bonds. The summed E-state index contributed by atoms with van der Waals surface area (Å²) < 4.78 is 5.48. The van der Waals surface area contributed by atoms with E-state index in [9.17, 15) is 4.79 Å². The van der Waals surface area contributed by atoms with Gasteiger partial charge in [-0.1, -0.05) is 42.5 Å². The van der Waals surface area contributed by atoms with Gasteiger partial charge in [-0.15, -0.1) is 0 Å². The summed E-state index contributed by atoms with van der Waals surface area (Å²) in [4.78, 5) is 11.7. The van der Waals surface area contributed by atoms with Gasteiger partial charge in [-0.25, -0.2) is 0 Å². The predicted octanol–water partition coefficient (Wildman–Crippen LogP) is 4.18. The fourth-order valence-corrected chi connectivity index (χ4v) is 2.38. The summed E-state index contributed by atoms with van der Waals surface area (Å²) in [5.41, 5.74) is 1.98. The zero-order valence-electron chi connectivity index (χ0n) is 11.4. The molecule has 1 unspecified atom stereocenters. The lowest BCUT2D eigenvalue weighted by Gasteiger charge is -2.14. The molecule has 2 nitrogen and oxygen atoms in total. The normalized spacial score (nSPS) is 11.9. The van der Waals surface area contributed by atoms with Crippen molar-refractivity contribution in [1.29, 1.82) is 0 Å². The first-order valence-corrected chi connectivity index (χ1v) is 7.04. The van der Waals surface area contributed by atoms with Crippen LogP contribution < -0.4 is 4.74 Å². The van der Waals surface area contributed by atoms with Crippen LogP contribution in [0.25, 0.3) is 0 Å². The summed E-state index contributed by atoms with van der Waals surface area (Å²) in [5, 5.41) is -0.335. The lowest BCUT2D eigenvalue weighted by Crippen LogP contribution is -2.10. The molecule has 0 heterocycles. The minimum absolute atomic E-state index is 0.324. The number of rotatable bonds is 6.